The molecule has 11 heteroatoms. The lowest BCUT2D eigenvalue weighted by molar-refractivity contribution is -0.758. The smallest absolute Gasteiger partial charge is 0.294 e. The minimum Gasteiger partial charge on any atom is -0.312 e. The molecule has 0 aliphatic rings. The van der Waals surface area contributed by atoms with Crippen LogP contribution in [-0.4, -0.2) is 41.5 Å². The summed E-state index contributed by atoms with van der Waals surface area (Å²) in [6.45, 7) is -0.995. The molecule has 0 unspecified atom stereocenters. The van der Waals surface area contributed by atoms with E-state index in [1.807, 2.05) is 0 Å². The van der Waals surface area contributed by atoms with Crippen LogP contribution in [0.15, 0.2) is 5.29 Å². The molecule has 0 atom stereocenters. The Kier molecular flexibility index (Phi) is 6.17. The molecule has 0 amide bonds. The van der Waals surface area contributed by atoms with Gasteiger partial charge in [-0.15, -0.1) is 25.1 Å². The highest BCUT2D eigenvalue weighted by molar-refractivity contribution is 4.48. The van der Waals surface area contributed by atoms with E-state index in [4.69, 9.17) is 0 Å². The summed E-state index contributed by atoms with van der Waals surface area (Å²) in [7, 11) is 0. The number of hydrogen-bond acceptors (Lipinski definition) is 8. The van der Waals surface area contributed by atoms with Crippen molar-refractivity contribution in [1.29, 1.82) is 0 Å². The lowest BCUT2D eigenvalue weighted by atomic mass is 10.6. The van der Waals surface area contributed by atoms with E-state index < -0.39 is 10.2 Å². The van der Waals surface area contributed by atoms with Crippen LogP contribution in [0.25, 0.3) is 0 Å². The lowest BCUT2D eigenvalue weighted by Gasteiger charge is -2.12. The number of nitroso groups, excluding NO2 is 1. The van der Waals surface area contributed by atoms with Gasteiger partial charge in [0.05, 0.1) is 18.4 Å². The lowest BCUT2D eigenvalue weighted by Crippen LogP contribution is -2.27. The fourth-order valence-electron chi connectivity index (χ4n) is 0.635. The summed E-state index contributed by atoms with van der Waals surface area (Å²) in [5.41, 5.74) is 0. The zero-order valence-electron chi connectivity index (χ0n) is 7.48. The zero-order chi connectivity index (χ0) is 11.7. The highest BCUT2D eigenvalue weighted by Gasteiger charge is 2.05. The fraction of sp³-hybridized carbons (Fsp3) is 1.00. The topological polar surface area (TPSA) is 137 Å². The summed E-state index contributed by atoms with van der Waals surface area (Å²) in [6.07, 6.45) is 0. The van der Waals surface area contributed by atoms with Crippen molar-refractivity contribution in [3.05, 3.63) is 25.1 Å². The summed E-state index contributed by atoms with van der Waals surface area (Å²) >= 11 is 0. The van der Waals surface area contributed by atoms with E-state index in [2.05, 4.69) is 15.0 Å². The second-order valence-corrected chi connectivity index (χ2v) is 2.15. The van der Waals surface area contributed by atoms with E-state index in [0.717, 1.165) is 5.01 Å². The highest BCUT2D eigenvalue weighted by Crippen LogP contribution is 1.90. The Bertz CT molecular complexity index is 213. The van der Waals surface area contributed by atoms with E-state index in [1.54, 1.807) is 0 Å². The minimum absolute atomic E-state index is 0.147. The summed E-state index contributed by atoms with van der Waals surface area (Å²) in [5.74, 6) is 0. The van der Waals surface area contributed by atoms with Gasteiger partial charge in [0.1, 0.15) is 13.2 Å². The Morgan fingerprint density at radius 1 is 1.07 bits per heavy atom. The molecule has 0 aromatic heterocycles. The Morgan fingerprint density at radius 3 is 1.73 bits per heavy atom. The summed E-state index contributed by atoms with van der Waals surface area (Å²) in [5, 5.41) is 20.7. The average molecular weight is 224 g/mol. The predicted molar refractivity (Wildman–Crippen MR) is 43.3 cm³/mol. The van der Waals surface area contributed by atoms with Gasteiger partial charge in [-0.2, -0.15) is 0 Å². The summed E-state index contributed by atoms with van der Waals surface area (Å²) in [6, 6.07) is 0. The fourth-order valence-corrected chi connectivity index (χ4v) is 0.635. The Morgan fingerprint density at radius 2 is 1.47 bits per heavy atom. The first-order valence-corrected chi connectivity index (χ1v) is 3.69. The first-order chi connectivity index (χ1) is 7.06. The standard InChI is InChI=1S/C4H8N4O7/c9-5-6(1-3-14-7(10)11)2-4-15-8(12)13/h1-4H2. The molecule has 11 nitrogen and oxygen atoms in total. The molecule has 0 heterocycles. The van der Waals surface area contributed by atoms with Gasteiger partial charge in [-0.25, -0.2) is 0 Å². The molecule has 0 spiro atoms. The number of rotatable bonds is 9. The van der Waals surface area contributed by atoms with Crippen molar-refractivity contribution >= 4 is 0 Å². The molecule has 0 saturated carbocycles. The van der Waals surface area contributed by atoms with Crippen LogP contribution in [0.4, 0.5) is 0 Å². The molecule has 0 fully saturated rings. The van der Waals surface area contributed by atoms with E-state index in [9.17, 15) is 25.1 Å². The highest BCUT2D eigenvalue weighted by atomic mass is 17.0. The van der Waals surface area contributed by atoms with Crippen LogP contribution in [0.5, 0.6) is 0 Å². The molecular weight excluding hydrogens is 216 g/mol. The largest absolute Gasteiger partial charge is 0.312 e. The van der Waals surface area contributed by atoms with Crippen molar-refractivity contribution in [3.63, 3.8) is 0 Å². The van der Waals surface area contributed by atoms with Gasteiger partial charge in [0.15, 0.2) is 0 Å². The molecular formula is C4H8N4O7. The molecule has 0 saturated heterocycles. The predicted octanol–water partition coefficient (Wildman–Crippen LogP) is -0.614. The quantitative estimate of drug-likeness (QED) is 0.287. The van der Waals surface area contributed by atoms with Crippen LogP contribution in [0.3, 0.4) is 0 Å². The first-order valence-electron chi connectivity index (χ1n) is 3.69. The number of hydrogen-bond donors (Lipinski definition) is 0. The Labute approximate surface area is 82.7 Å². The van der Waals surface area contributed by atoms with Gasteiger partial charge >= 0.3 is 0 Å². The number of nitrogens with zero attached hydrogens (tertiary/aromatic N) is 4. The van der Waals surface area contributed by atoms with Gasteiger partial charge in [0, 0.05) is 0 Å². The average Bonchev–Trinajstić information content (AvgIpc) is 2.14. The van der Waals surface area contributed by atoms with Gasteiger partial charge in [0.2, 0.25) is 0 Å². The molecule has 0 aliphatic carbocycles. The van der Waals surface area contributed by atoms with Gasteiger partial charge in [-0.05, 0) is 0 Å². The molecule has 0 radical (unpaired) electrons. The molecule has 0 rings (SSSR count). The molecule has 0 bridgehead atoms. The monoisotopic (exact) mass is 224 g/mol. The summed E-state index contributed by atoms with van der Waals surface area (Å²) < 4.78 is 0. The van der Waals surface area contributed by atoms with Crippen LogP contribution in [-0.2, 0) is 9.68 Å². The molecule has 15 heavy (non-hydrogen) atoms. The molecule has 0 aliphatic heterocycles. The van der Waals surface area contributed by atoms with E-state index in [0.29, 0.717) is 0 Å². The van der Waals surface area contributed by atoms with Gasteiger partial charge < -0.3 is 9.68 Å². The van der Waals surface area contributed by atoms with Crippen LogP contribution >= 0.6 is 0 Å². The Hall–Kier alpha value is -2.20. The third-order valence-corrected chi connectivity index (χ3v) is 1.21. The van der Waals surface area contributed by atoms with Crippen LogP contribution < -0.4 is 0 Å². The van der Waals surface area contributed by atoms with Gasteiger partial charge in [0.25, 0.3) is 10.2 Å². The first kappa shape index (κ1) is 12.8. The van der Waals surface area contributed by atoms with Crippen molar-refractivity contribution < 1.29 is 19.8 Å². The SMILES string of the molecule is O=NN(CCO[N+](=O)[O-])CCO[N+](=O)[O-]. The van der Waals surface area contributed by atoms with Crippen molar-refractivity contribution in [2.45, 2.75) is 0 Å². The molecule has 86 valence electrons. The third-order valence-electron chi connectivity index (χ3n) is 1.21. The third kappa shape index (κ3) is 8.14. The molecule has 0 aromatic rings. The normalized spacial score (nSPS) is 9.07. The van der Waals surface area contributed by atoms with Crippen molar-refractivity contribution in [3.8, 4) is 0 Å². The molecule has 0 aromatic carbocycles. The zero-order valence-corrected chi connectivity index (χ0v) is 7.48. The van der Waals surface area contributed by atoms with Crippen molar-refractivity contribution in [1.82, 2.24) is 5.01 Å². The van der Waals surface area contributed by atoms with E-state index in [-0.39, 0.29) is 26.3 Å². The van der Waals surface area contributed by atoms with E-state index >= 15 is 0 Å². The van der Waals surface area contributed by atoms with Crippen molar-refractivity contribution in [2.75, 3.05) is 26.3 Å². The maximum absolute atomic E-state index is 10.1. The van der Waals surface area contributed by atoms with Crippen LogP contribution in [0, 0.1) is 25.1 Å². The van der Waals surface area contributed by atoms with Crippen LogP contribution in [0.1, 0.15) is 0 Å². The molecule has 0 N–H and O–H groups in total. The Balaban J connectivity index is 3.59. The second kappa shape index (κ2) is 7.23. The summed E-state index contributed by atoms with van der Waals surface area (Å²) in [4.78, 5) is 37.3. The van der Waals surface area contributed by atoms with E-state index in [1.165, 1.54) is 0 Å². The van der Waals surface area contributed by atoms with Crippen molar-refractivity contribution in [2.24, 2.45) is 5.29 Å². The van der Waals surface area contributed by atoms with Crippen LogP contribution in [0.2, 0.25) is 0 Å². The van der Waals surface area contributed by atoms with Gasteiger partial charge in [-0.1, -0.05) is 0 Å². The minimum atomic E-state index is -1.02. The maximum atomic E-state index is 10.1. The maximum Gasteiger partial charge on any atom is 0.294 e. The second-order valence-electron chi connectivity index (χ2n) is 2.15. The van der Waals surface area contributed by atoms with Gasteiger partial charge in [-0.3, -0.25) is 5.01 Å².